The van der Waals surface area contributed by atoms with Crippen LogP contribution in [0.25, 0.3) is 0 Å². The summed E-state index contributed by atoms with van der Waals surface area (Å²) >= 11 is 0. The first kappa shape index (κ1) is 16.1. The monoisotopic (exact) mass is 341 g/mol. The SMILES string of the molecule is COc1ccc2c(c1OC)Oc1c(OC)ccc3c1[C@@H](C2)N(C)CC3. The van der Waals surface area contributed by atoms with Crippen molar-refractivity contribution in [1.29, 1.82) is 0 Å². The molecular weight excluding hydrogens is 318 g/mol. The quantitative estimate of drug-likeness (QED) is 0.853. The second-order valence-electron chi connectivity index (χ2n) is 6.51. The summed E-state index contributed by atoms with van der Waals surface area (Å²) in [5.74, 6) is 3.55. The summed E-state index contributed by atoms with van der Waals surface area (Å²) in [6.45, 7) is 1.03. The predicted molar refractivity (Wildman–Crippen MR) is 95.4 cm³/mol. The van der Waals surface area contributed by atoms with Gasteiger partial charge >= 0.3 is 0 Å². The van der Waals surface area contributed by atoms with E-state index in [0.717, 1.165) is 42.2 Å². The van der Waals surface area contributed by atoms with E-state index in [1.807, 2.05) is 12.1 Å². The molecule has 2 aromatic rings. The lowest BCUT2D eigenvalue weighted by molar-refractivity contribution is 0.228. The van der Waals surface area contributed by atoms with Gasteiger partial charge in [0.2, 0.25) is 5.75 Å². The van der Waals surface area contributed by atoms with E-state index in [1.54, 1.807) is 21.3 Å². The van der Waals surface area contributed by atoms with Crippen molar-refractivity contribution in [3.8, 4) is 28.7 Å². The fourth-order valence-corrected chi connectivity index (χ4v) is 3.92. The van der Waals surface area contributed by atoms with E-state index in [-0.39, 0.29) is 6.04 Å². The fourth-order valence-electron chi connectivity index (χ4n) is 3.92. The molecule has 0 spiro atoms. The Hall–Kier alpha value is -2.40. The van der Waals surface area contributed by atoms with Crippen LogP contribution >= 0.6 is 0 Å². The number of ether oxygens (including phenoxy) is 4. The average molecular weight is 341 g/mol. The van der Waals surface area contributed by atoms with Gasteiger partial charge in [-0.25, -0.2) is 0 Å². The van der Waals surface area contributed by atoms with Crippen molar-refractivity contribution in [3.05, 3.63) is 41.0 Å². The Morgan fingerprint density at radius 3 is 2.36 bits per heavy atom. The van der Waals surface area contributed by atoms with Crippen molar-refractivity contribution in [2.45, 2.75) is 18.9 Å². The van der Waals surface area contributed by atoms with Gasteiger partial charge in [0.1, 0.15) is 0 Å². The molecule has 132 valence electrons. The molecule has 0 aromatic heterocycles. The zero-order chi connectivity index (χ0) is 17.6. The Morgan fingerprint density at radius 1 is 0.920 bits per heavy atom. The Kier molecular flexibility index (Phi) is 3.96. The van der Waals surface area contributed by atoms with Crippen LogP contribution in [-0.4, -0.2) is 39.8 Å². The molecule has 2 aliphatic rings. The zero-order valence-electron chi connectivity index (χ0n) is 15.1. The maximum absolute atomic E-state index is 6.43. The van der Waals surface area contributed by atoms with Gasteiger partial charge in [-0.15, -0.1) is 0 Å². The van der Waals surface area contributed by atoms with Crippen molar-refractivity contribution >= 4 is 0 Å². The van der Waals surface area contributed by atoms with Crippen LogP contribution in [0.5, 0.6) is 28.7 Å². The molecule has 0 saturated carbocycles. The number of rotatable bonds is 3. The first-order chi connectivity index (χ1) is 12.2. The van der Waals surface area contributed by atoms with E-state index >= 15 is 0 Å². The molecule has 2 aliphatic heterocycles. The average Bonchev–Trinajstić information content (AvgIpc) is 2.82. The first-order valence-corrected chi connectivity index (χ1v) is 8.49. The second kappa shape index (κ2) is 6.15. The fraction of sp³-hybridized carbons (Fsp3) is 0.400. The summed E-state index contributed by atoms with van der Waals surface area (Å²) in [5, 5.41) is 0. The minimum Gasteiger partial charge on any atom is -0.493 e. The Bertz CT molecular complexity index is 818. The molecule has 5 nitrogen and oxygen atoms in total. The lowest BCUT2D eigenvalue weighted by atomic mass is 9.88. The zero-order valence-corrected chi connectivity index (χ0v) is 15.1. The van der Waals surface area contributed by atoms with Gasteiger partial charge in [0.25, 0.3) is 0 Å². The molecule has 0 aliphatic carbocycles. The highest BCUT2D eigenvalue weighted by Crippen LogP contribution is 2.52. The maximum atomic E-state index is 6.43. The van der Waals surface area contributed by atoms with Gasteiger partial charge in [0, 0.05) is 23.7 Å². The van der Waals surface area contributed by atoms with E-state index in [1.165, 1.54) is 11.1 Å². The highest BCUT2D eigenvalue weighted by Gasteiger charge is 2.35. The minimum atomic E-state index is 0.258. The Balaban J connectivity index is 1.97. The van der Waals surface area contributed by atoms with Gasteiger partial charge in [-0.2, -0.15) is 0 Å². The highest BCUT2D eigenvalue weighted by molar-refractivity contribution is 5.63. The molecule has 0 radical (unpaired) electrons. The third-order valence-electron chi connectivity index (χ3n) is 5.27. The maximum Gasteiger partial charge on any atom is 0.204 e. The summed E-state index contributed by atoms with van der Waals surface area (Å²) in [6, 6.07) is 8.42. The molecule has 5 heteroatoms. The number of likely N-dealkylation sites (N-methyl/N-ethyl adjacent to an activating group) is 1. The highest BCUT2D eigenvalue weighted by atomic mass is 16.5. The van der Waals surface area contributed by atoms with Crippen molar-refractivity contribution in [2.75, 3.05) is 34.9 Å². The first-order valence-electron chi connectivity index (χ1n) is 8.49. The van der Waals surface area contributed by atoms with Crippen LogP contribution in [0.4, 0.5) is 0 Å². The molecule has 0 bridgehead atoms. The van der Waals surface area contributed by atoms with Gasteiger partial charge in [-0.05, 0) is 37.6 Å². The minimum absolute atomic E-state index is 0.258. The van der Waals surface area contributed by atoms with Gasteiger partial charge in [0.05, 0.1) is 21.3 Å². The lowest BCUT2D eigenvalue weighted by Crippen LogP contribution is -2.33. The van der Waals surface area contributed by atoms with E-state index in [9.17, 15) is 0 Å². The number of fused-ring (bicyclic) bond motifs is 1. The number of methoxy groups -OCH3 is 3. The van der Waals surface area contributed by atoms with E-state index < -0.39 is 0 Å². The molecule has 4 rings (SSSR count). The normalized spacial score (nSPS) is 18.5. The van der Waals surface area contributed by atoms with Crippen molar-refractivity contribution in [1.82, 2.24) is 4.90 Å². The predicted octanol–water partition coefficient (Wildman–Crippen LogP) is 3.59. The standard InChI is InChI=1S/C20H23NO4/c1-21-10-9-12-5-7-15(22-2)19-17(12)14(21)11-13-6-8-16(23-3)20(24-4)18(13)25-19/h5-8,14H,9-11H2,1-4H3/t14-/m1/s1. The van der Waals surface area contributed by atoms with Gasteiger partial charge in [-0.3, -0.25) is 4.90 Å². The van der Waals surface area contributed by atoms with Crippen molar-refractivity contribution in [2.24, 2.45) is 0 Å². The van der Waals surface area contributed by atoms with Crippen LogP contribution in [0.3, 0.4) is 0 Å². The molecule has 2 heterocycles. The molecule has 25 heavy (non-hydrogen) atoms. The van der Waals surface area contributed by atoms with Crippen LogP contribution in [0.2, 0.25) is 0 Å². The molecule has 0 N–H and O–H groups in total. The summed E-state index contributed by atoms with van der Waals surface area (Å²) in [5.41, 5.74) is 3.67. The summed E-state index contributed by atoms with van der Waals surface area (Å²) in [7, 11) is 7.13. The van der Waals surface area contributed by atoms with Crippen LogP contribution < -0.4 is 18.9 Å². The molecule has 1 atom stereocenters. The van der Waals surface area contributed by atoms with Crippen LogP contribution in [0, 0.1) is 0 Å². The third-order valence-corrected chi connectivity index (χ3v) is 5.27. The molecule has 0 unspecified atom stereocenters. The smallest absolute Gasteiger partial charge is 0.204 e. The van der Waals surface area contributed by atoms with E-state index in [2.05, 4.69) is 24.1 Å². The van der Waals surface area contributed by atoms with Crippen molar-refractivity contribution in [3.63, 3.8) is 0 Å². The van der Waals surface area contributed by atoms with Gasteiger partial charge in [-0.1, -0.05) is 12.1 Å². The van der Waals surface area contributed by atoms with Crippen molar-refractivity contribution < 1.29 is 18.9 Å². The number of hydrogen-bond acceptors (Lipinski definition) is 5. The molecule has 0 amide bonds. The number of benzene rings is 2. The Morgan fingerprint density at radius 2 is 1.64 bits per heavy atom. The number of nitrogens with zero attached hydrogens (tertiary/aromatic N) is 1. The summed E-state index contributed by atoms with van der Waals surface area (Å²) < 4.78 is 23.1. The van der Waals surface area contributed by atoms with Crippen LogP contribution in [0.15, 0.2) is 24.3 Å². The summed E-state index contributed by atoms with van der Waals surface area (Å²) in [6.07, 6.45) is 1.87. The van der Waals surface area contributed by atoms with Crippen LogP contribution in [0.1, 0.15) is 22.7 Å². The van der Waals surface area contributed by atoms with Gasteiger partial charge < -0.3 is 18.9 Å². The van der Waals surface area contributed by atoms with Gasteiger partial charge in [0.15, 0.2) is 23.0 Å². The molecule has 0 saturated heterocycles. The number of hydrogen-bond donors (Lipinski definition) is 0. The molecular formula is C20H23NO4. The van der Waals surface area contributed by atoms with Crippen LogP contribution in [-0.2, 0) is 12.8 Å². The molecule has 0 fully saturated rings. The summed E-state index contributed by atoms with van der Waals surface area (Å²) in [4.78, 5) is 2.39. The topological polar surface area (TPSA) is 40.2 Å². The Labute approximate surface area is 148 Å². The lowest BCUT2D eigenvalue weighted by Gasteiger charge is -2.34. The van der Waals surface area contributed by atoms with E-state index in [0.29, 0.717) is 11.5 Å². The second-order valence-corrected chi connectivity index (χ2v) is 6.51. The molecule has 2 aromatic carbocycles. The van der Waals surface area contributed by atoms with E-state index in [4.69, 9.17) is 18.9 Å². The third kappa shape index (κ3) is 2.42. The largest absolute Gasteiger partial charge is 0.493 e.